The highest BCUT2D eigenvalue weighted by Gasteiger charge is 2.19. The van der Waals surface area contributed by atoms with E-state index >= 15 is 0 Å². The van der Waals surface area contributed by atoms with E-state index in [1.807, 2.05) is 0 Å². The van der Waals surface area contributed by atoms with Crippen molar-refractivity contribution in [3.63, 3.8) is 0 Å². The van der Waals surface area contributed by atoms with E-state index < -0.39 is 16.9 Å². The second-order valence-corrected chi connectivity index (χ2v) is 3.83. The summed E-state index contributed by atoms with van der Waals surface area (Å²) in [6.45, 7) is 1.63. The van der Waals surface area contributed by atoms with Crippen LogP contribution in [-0.4, -0.2) is 37.7 Å². The van der Waals surface area contributed by atoms with E-state index in [0.29, 0.717) is 11.3 Å². The summed E-state index contributed by atoms with van der Waals surface area (Å²) < 4.78 is 10.0. The van der Waals surface area contributed by atoms with Crippen molar-refractivity contribution in [3.05, 3.63) is 33.9 Å². The highest BCUT2D eigenvalue weighted by atomic mass is 16.6. The Morgan fingerprint density at radius 1 is 1.53 bits per heavy atom. The van der Waals surface area contributed by atoms with E-state index in [1.165, 1.54) is 19.2 Å². The third kappa shape index (κ3) is 3.65. The Bertz CT molecular complexity index is 475. The lowest BCUT2D eigenvalue weighted by Gasteiger charge is -2.15. The van der Waals surface area contributed by atoms with Gasteiger partial charge in [0.25, 0.3) is 5.69 Å². The smallest absolute Gasteiger partial charge is 0.326 e. The third-order valence-electron chi connectivity index (χ3n) is 2.69. The van der Waals surface area contributed by atoms with Crippen LogP contribution >= 0.6 is 0 Å². The van der Waals surface area contributed by atoms with Gasteiger partial charge in [-0.3, -0.25) is 14.9 Å². The van der Waals surface area contributed by atoms with Crippen LogP contribution in [0.3, 0.4) is 0 Å². The molecule has 1 atom stereocenters. The number of carbonyl (C=O) groups excluding carboxylic acids is 1. The number of nitrogens with zero attached hydrogens (tertiary/aromatic N) is 1. The summed E-state index contributed by atoms with van der Waals surface area (Å²) in [5, 5.41) is 13.5. The molecule has 0 spiro atoms. The number of nitrogens with one attached hydrogen (secondary N) is 1. The van der Waals surface area contributed by atoms with Gasteiger partial charge < -0.3 is 14.8 Å². The van der Waals surface area contributed by atoms with E-state index in [9.17, 15) is 14.9 Å². The van der Waals surface area contributed by atoms with Crippen molar-refractivity contribution in [2.75, 3.05) is 20.8 Å². The van der Waals surface area contributed by atoms with Gasteiger partial charge in [0, 0.05) is 6.07 Å². The largest absolute Gasteiger partial charge is 0.491 e. The summed E-state index contributed by atoms with van der Waals surface area (Å²) in [5.41, 5.74) is 0.406. The zero-order valence-corrected chi connectivity index (χ0v) is 11.0. The Kier molecular flexibility index (Phi) is 5.25. The number of benzene rings is 1. The lowest BCUT2D eigenvalue weighted by Crippen LogP contribution is -2.40. The van der Waals surface area contributed by atoms with E-state index in [4.69, 9.17) is 4.74 Å². The Balaban J connectivity index is 2.80. The number of hydrogen-bond donors (Lipinski definition) is 1. The number of likely N-dealkylation sites (N-methyl/N-ethyl adjacent to an activating group) is 1. The number of nitro groups is 1. The van der Waals surface area contributed by atoms with Crippen LogP contribution < -0.4 is 10.1 Å². The van der Waals surface area contributed by atoms with Gasteiger partial charge in [-0.1, -0.05) is 6.07 Å². The summed E-state index contributed by atoms with van der Waals surface area (Å²) in [4.78, 5) is 21.7. The maximum absolute atomic E-state index is 11.4. The molecule has 1 rings (SSSR count). The molecule has 0 amide bonds. The van der Waals surface area contributed by atoms with Crippen LogP contribution in [0.5, 0.6) is 5.75 Å². The molecule has 0 heterocycles. The van der Waals surface area contributed by atoms with Gasteiger partial charge >= 0.3 is 5.97 Å². The standard InChI is InChI=1S/C12H16N2O5/c1-8-10(14(16)17)5-4-6-11(8)19-7-9(13-2)12(15)18-3/h4-6,9,13H,7H2,1-3H3. The van der Waals surface area contributed by atoms with Crippen molar-refractivity contribution < 1.29 is 19.2 Å². The molecule has 104 valence electrons. The predicted octanol–water partition coefficient (Wildman–Crippen LogP) is 1.04. The molecule has 0 radical (unpaired) electrons. The van der Waals surface area contributed by atoms with Gasteiger partial charge in [0.2, 0.25) is 0 Å². The molecule has 0 aliphatic carbocycles. The van der Waals surface area contributed by atoms with Crippen molar-refractivity contribution in [2.24, 2.45) is 0 Å². The lowest BCUT2D eigenvalue weighted by molar-refractivity contribution is -0.385. The minimum Gasteiger partial charge on any atom is -0.491 e. The summed E-state index contributed by atoms with van der Waals surface area (Å²) in [6.07, 6.45) is 0. The number of nitro benzene ring substituents is 1. The Morgan fingerprint density at radius 2 is 2.21 bits per heavy atom. The molecule has 0 saturated carbocycles. The Labute approximate surface area is 110 Å². The third-order valence-corrected chi connectivity index (χ3v) is 2.69. The van der Waals surface area contributed by atoms with Gasteiger partial charge in [0.15, 0.2) is 0 Å². The first-order valence-corrected chi connectivity index (χ1v) is 5.63. The molecule has 0 bridgehead atoms. The normalized spacial score (nSPS) is 11.7. The molecule has 19 heavy (non-hydrogen) atoms. The van der Waals surface area contributed by atoms with Gasteiger partial charge in [-0.05, 0) is 20.0 Å². The fourth-order valence-corrected chi connectivity index (χ4v) is 1.54. The molecule has 1 N–H and O–H groups in total. The minimum absolute atomic E-state index is 0.0171. The molecule has 1 aromatic carbocycles. The summed E-state index contributed by atoms with van der Waals surface area (Å²) in [6, 6.07) is 3.93. The van der Waals surface area contributed by atoms with Crippen molar-refractivity contribution in [1.82, 2.24) is 5.32 Å². The van der Waals surface area contributed by atoms with Crippen LogP contribution in [-0.2, 0) is 9.53 Å². The maximum Gasteiger partial charge on any atom is 0.326 e. The molecule has 7 nitrogen and oxygen atoms in total. The van der Waals surface area contributed by atoms with Crippen LogP contribution in [0.15, 0.2) is 18.2 Å². The van der Waals surface area contributed by atoms with Crippen LogP contribution in [0.25, 0.3) is 0 Å². The molecule has 0 aliphatic heterocycles. The van der Waals surface area contributed by atoms with Gasteiger partial charge in [-0.25, -0.2) is 0 Å². The van der Waals surface area contributed by atoms with Crippen molar-refractivity contribution in [1.29, 1.82) is 0 Å². The SMILES string of the molecule is CNC(COc1cccc([N+](=O)[O-])c1C)C(=O)OC. The number of methoxy groups -OCH3 is 1. The highest BCUT2D eigenvalue weighted by Crippen LogP contribution is 2.26. The molecule has 7 heteroatoms. The van der Waals surface area contributed by atoms with E-state index in [-0.39, 0.29) is 12.3 Å². The summed E-state index contributed by atoms with van der Waals surface area (Å²) in [7, 11) is 2.89. The molecule has 0 aromatic heterocycles. The number of esters is 1. The minimum atomic E-state index is -0.622. The summed E-state index contributed by atoms with van der Waals surface area (Å²) in [5.74, 6) is -0.0797. The highest BCUT2D eigenvalue weighted by molar-refractivity contribution is 5.75. The zero-order chi connectivity index (χ0) is 14.4. The number of rotatable bonds is 6. The molecule has 1 aromatic rings. The van der Waals surface area contributed by atoms with Crippen molar-refractivity contribution in [2.45, 2.75) is 13.0 Å². The van der Waals surface area contributed by atoms with Gasteiger partial charge in [0.1, 0.15) is 18.4 Å². The molecular weight excluding hydrogens is 252 g/mol. The Morgan fingerprint density at radius 3 is 2.74 bits per heavy atom. The number of ether oxygens (including phenoxy) is 2. The monoisotopic (exact) mass is 268 g/mol. The molecule has 0 saturated heterocycles. The first-order valence-electron chi connectivity index (χ1n) is 5.63. The van der Waals surface area contributed by atoms with Crippen LogP contribution in [0.4, 0.5) is 5.69 Å². The number of carbonyl (C=O) groups is 1. The van der Waals surface area contributed by atoms with Crippen LogP contribution in [0.1, 0.15) is 5.56 Å². The van der Waals surface area contributed by atoms with Gasteiger partial charge in [0.05, 0.1) is 17.6 Å². The van der Waals surface area contributed by atoms with Crippen LogP contribution in [0, 0.1) is 17.0 Å². The van der Waals surface area contributed by atoms with E-state index in [1.54, 1.807) is 20.0 Å². The molecule has 0 aliphatic rings. The second kappa shape index (κ2) is 6.69. The average molecular weight is 268 g/mol. The average Bonchev–Trinajstić information content (AvgIpc) is 2.40. The van der Waals surface area contributed by atoms with Crippen molar-refractivity contribution in [3.8, 4) is 5.75 Å². The molecular formula is C12H16N2O5. The topological polar surface area (TPSA) is 90.7 Å². The van der Waals surface area contributed by atoms with E-state index in [0.717, 1.165) is 0 Å². The number of hydrogen-bond acceptors (Lipinski definition) is 6. The fourth-order valence-electron chi connectivity index (χ4n) is 1.54. The molecule has 1 unspecified atom stereocenters. The van der Waals surface area contributed by atoms with E-state index in [2.05, 4.69) is 10.1 Å². The van der Waals surface area contributed by atoms with Crippen molar-refractivity contribution >= 4 is 11.7 Å². The maximum atomic E-state index is 11.4. The first kappa shape index (κ1) is 14.9. The lowest BCUT2D eigenvalue weighted by atomic mass is 10.2. The molecule has 0 fully saturated rings. The predicted molar refractivity (Wildman–Crippen MR) is 68.2 cm³/mol. The first-order chi connectivity index (χ1) is 9.01. The summed E-state index contributed by atoms with van der Waals surface area (Å²) >= 11 is 0. The quantitative estimate of drug-likeness (QED) is 0.471. The second-order valence-electron chi connectivity index (χ2n) is 3.83. The van der Waals surface area contributed by atoms with Gasteiger partial charge in [-0.2, -0.15) is 0 Å². The fraction of sp³-hybridized carbons (Fsp3) is 0.417. The van der Waals surface area contributed by atoms with Crippen LogP contribution in [0.2, 0.25) is 0 Å². The van der Waals surface area contributed by atoms with Gasteiger partial charge in [-0.15, -0.1) is 0 Å². The zero-order valence-electron chi connectivity index (χ0n) is 11.0. The Hall–Kier alpha value is -2.15.